The van der Waals surface area contributed by atoms with Crippen LogP contribution in [0, 0.1) is 17.0 Å². The second-order valence-corrected chi connectivity index (χ2v) is 12.1. The third-order valence-corrected chi connectivity index (χ3v) is 9.14. The maximum absolute atomic E-state index is 14.1. The second-order valence-electron chi connectivity index (χ2n) is 10.2. The number of aromatic nitrogens is 4. The summed E-state index contributed by atoms with van der Waals surface area (Å²) >= 11 is 13.2. The molecular weight excluding hydrogens is 591 g/mol. The van der Waals surface area contributed by atoms with E-state index in [1.165, 1.54) is 29.8 Å². The molecule has 0 amide bonds. The van der Waals surface area contributed by atoms with E-state index in [1.807, 2.05) is 0 Å². The highest BCUT2D eigenvalue weighted by Crippen LogP contribution is 2.46. The number of thioether (sulfide) groups is 1. The average Bonchev–Trinajstić information content (AvgIpc) is 3.36. The molecule has 5 heterocycles. The third kappa shape index (κ3) is 4.96. The zero-order chi connectivity index (χ0) is 28.2. The van der Waals surface area contributed by atoms with Crippen molar-refractivity contribution in [3.05, 3.63) is 52.3 Å². The van der Waals surface area contributed by atoms with E-state index in [1.54, 1.807) is 12.3 Å². The van der Waals surface area contributed by atoms with E-state index in [0.717, 1.165) is 49.1 Å². The Bertz CT molecular complexity index is 1380. The minimum atomic E-state index is -1.24. The number of hydrogen-bond donors (Lipinski definition) is 2. The number of benzene rings is 1. The first-order valence-electron chi connectivity index (χ1n) is 12.4. The normalized spacial score (nSPS) is 27.5. The molecule has 40 heavy (non-hydrogen) atoms. The summed E-state index contributed by atoms with van der Waals surface area (Å²) in [5.74, 6) is -1.14. The van der Waals surface area contributed by atoms with Crippen molar-refractivity contribution in [1.82, 2.24) is 20.0 Å². The highest BCUT2D eigenvalue weighted by Gasteiger charge is 2.51. The second kappa shape index (κ2) is 11.0. The molecule has 15 heteroatoms. The Morgan fingerprint density at radius 1 is 1.20 bits per heavy atom. The number of nitrogens with zero attached hydrogens (tertiary/aromatic N) is 5. The zero-order valence-corrected chi connectivity index (χ0v) is 23.4. The summed E-state index contributed by atoms with van der Waals surface area (Å²) in [4.78, 5) is 7.46. The Kier molecular flexibility index (Phi) is 7.68. The van der Waals surface area contributed by atoms with Gasteiger partial charge in [-0.25, -0.2) is 18.4 Å². The van der Waals surface area contributed by atoms with Crippen LogP contribution in [0.4, 0.5) is 14.6 Å². The zero-order valence-electron chi connectivity index (χ0n) is 21.1. The van der Waals surface area contributed by atoms with Gasteiger partial charge in [0.1, 0.15) is 58.0 Å². The molecule has 5 atom stereocenters. The first-order valence-corrected chi connectivity index (χ1v) is 14.0. The van der Waals surface area contributed by atoms with Gasteiger partial charge in [0.05, 0.1) is 41.4 Å². The molecule has 0 saturated carbocycles. The van der Waals surface area contributed by atoms with Crippen LogP contribution in [-0.2, 0) is 14.2 Å². The summed E-state index contributed by atoms with van der Waals surface area (Å²) < 4.78 is 46.8. The molecule has 3 aliphatic rings. The van der Waals surface area contributed by atoms with Gasteiger partial charge < -0.3 is 29.3 Å². The van der Waals surface area contributed by atoms with Crippen molar-refractivity contribution in [2.24, 2.45) is 5.41 Å². The summed E-state index contributed by atoms with van der Waals surface area (Å²) in [5, 5.41) is 29.2. The molecule has 2 unspecified atom stereocenters. The number of ether oxygens (including phenoxy) is 3. The molecule has 3 saturated heterocycles. The predicted octanol–water partition coefficient (Wildman–Crippen LogP) is 3.19. The maximum Gasteiger partial charge on any atom is 0.145 e. The number of rotatable bonds is 7. The van der Waals surface area contributed by atoms with Crippen molar-refractivity contribution in [2.45, 2.75) is 34.7 Å². The van der Waals surface area contributed by atoms with E-state index in [9.17, 15) is 19.0 Å². The molecule has 3 fully saturated rings. The van der Waals surface area contributed by atoms with Crippen LogP contribution in [-0.4, -0.2) is 94.0 Å². The molecule has 214 valence electrons. The first kappa shape index (κ1) is 28.0. The van der Waals surface area contributed by atoms with Crippen molar-refractivity contribution >= 4 is 40.8 Å². The largest absolute Gasteiger partial charge is 0.394 e. The smallest absolute Gasteiger partial charge is 0.145 e. The highest BCUT2D eigenvalue weighted by atomic mass is 35.5. The lowest BCUT2D eigenvalue weighted by Gasteiger charge is -2.55. The molecular formula is C25H25Cl2F2N5O5S. The minimum Gasteiger partial charge on any atom is -0.394 e. The molecule has 2 N–H and O–H groups in total. The van der Waals surface area contributed by atoms with Gasteiger partial charge in [-0.2, -0.15) is 0 Å². The number of methoxy groups -OCH3 is 1. The van der Waals surface area contributed by atoms with Gasteiger partial charge in [-0.05, 0) is 18.2 Å². The molecule has 10 nitrogen and oxygen atoms in total. The van der Waals surface area contributed by atoms with Crippen LogP contribution < -0.4 is 4.90 Å². The number of anilines is 1. The van der Waals surface area contributed by atoms with E-state index in [2.05, 4.69) is 20.2 Å². The Morgan fingerprint density at radius 3 is 2.55 bits per heavy atom. The lowest BCUT2D eigenvalue weighted by molar-refractivity contribution is -0.186. The SMILES string of the molecule is CO[C@H]1C(n2cc(-c3cc(F)c(Cl)c(F)c3)nn2)[C@@H](O)C(CO)O[C@@H]1Sc1cc(Cl)cnc1N1CC2(COC2)C1. The summed E-state index contributed by atoms with van der Waals surface area (Å²) in [7, 11) is 1.47. The minimum absolute atomic E-state index is 0.115. The highest BCUT2D eigenvalue weighted by molar-refractivity contribution is 8.00. The van der Waals surface area contributed by atoms with Gasteiger partial charge in [-0.3, -0.25) is 0 Å². The Balaban J connectivity index is 1.29. The fourth-order valence-electron chi connectivity index (χ4n) is 5.32. The van der Waals surface area contributed by atoms with Crippen LogP contribution in [0.5, 0.6) is 0 Å². The lowest BCUT2D eigenvalue weighted by atomic mass is 9.78. The predicted molar refractivity (Wildman–Crippen MR) is 143 cm³/mol. The van der Waals surface area contributed by atoms with Gasteiger partial charge in [0.2, 0.25) is 0 Å². The molecule has 0 radical (unpaired) electrons. The van der Waals surface area contributed by atoms with Crippen molar-refractivity contribution in [3.63, 3.8) is 0 Å². The van der Waals surface area contributed by atoms with Gasteiger partial charge in [-0.1, -0.05) is 40.2 Å². The van der Waals surface area contributed by atoms with Crippen molar-refractivity contribution in [3.8, 4) is 11.3 Å². The van der Waals surface area contributed by atoms with E-state index in [0.29, 0.717) is 5.02 Å². The average molecular weight is 616 g/mol. The van der Waals surface area contributed by atoms with E-state index in [-0.39, 0.29) is 16.7 Å². The molecule has 2 aromatic heterocycles. The number of aliphatic hydroxyl groups is 2. The topological polar surface area (TPSA) is 115 Å². The Hall–Kier alpha value is -2.10. The van der Waals surface area contributed by atoms with Crippen molar-refractivity contribution in [1.29, 1.82) is 0 Å². The van der Waals surface area contributed by atoms with Gasteiger partial charge in [0.15, 0.2) is 0 Å². The molecule has 3 aliphatic heterocycles. The van der Waals surface area contributed by atoms with Crippen LogP contribution in [0.15, 0.2) is 35.5 Å². The molecule has 1 spiro atoms. The molecule has 0 bridgehead atoms. The fourth-order valence-corrected chi connectivity index (χ4v) is 6.99. The van der Waals surface area contributed by atoms with E-state index in [4.69, 9.17) is 37.4 Å². The van der Waals surface area contributed by atoms with Gasteiger partial charge in [0.25, 0.3) is 0 Å². The van der Waals surface area contributed by atoms with Gasteiger partial charge >= 0.3 is 0 Å². The summed E-state index contributed by atoms with van der Waals surface area (Å²) in [6.07, 6.45) is 0.00976. The number of pyridine rings is 1. The quantitative estimate of drug-likeness (QED) is 0.384. The molecule has 1 aromatic carbocycles. The van der Waals surface area contributed by atoms with Crippen LogP contribution in [0.3, 0.4) is 0 Å². The number of aliphatic hydroxyl groups excluding tert-OH is 2. The number of halogens is 4. The van der Waals surface area contributed by atoms with Crippen LogP contribution in [0.1, 0.15) is 6.04 Å². The van der Waals surface area contributed by atoms with Crippen molar-refractivity contribution < 1.29 is 33.2 Å². The summed E-state index contributed by atoms with van der Waals surface area (Å²) in [6, 6.07) is 3.02. The number of hydrogen-bond acceptors (Lipinski definition) is 10. The maximum atomic E-state index is 14.1. The van der Waals surface area contributed by atoms with Gasteiger partial charge in [0, 0.05) is 32.0 Å². The summed E-state index contributed by atoms with van der Waals surface area (Å²) in [6.45, 7) is 2.59. The summed E-state index contributed by atoms with van der Waals surface area (Å²) in [5.41, 5.74) is -0.294. The van der Waals surface area contributed by atoms with E-state index < -0.39 is 53.1 Å². The van der Waals surface area contributed by atoms with Crippen LogP contribution in [0.25, 0.3) is 11.3 Å². The van der Waals surface area contributed by atoms with Crippen LogP contribution >= 0.6 is 35.0 Å². The Labute approximate surface area is 242 Å². The fraction of sp³-hybridized carbons (Fsp3) is 0.480. The van der Waals surface area contributed by atoms with Crippen LogP contribution in [0.2, 0.25) is 10.0 Å². The molecule has 3 aromatic rings. The van der Waals surface area contributed by atoms with Gasteiger partial charge in [-0.15, -0.1) is 5.10 Å². The first-order chi connectivity index (χ1) is 19.2. The lowest BCUT2D eigenvalue weighted by Crippen LogP contribution is -2.66. The Morgan fingerprint density at radius 2 is 1.93 bits per heavy atom. The van der Waals surface area contributed by atoms with Crippen molar-refractivity contribution in [2.75, 3.05) is 44.9 Å². The molecule has 0 aliphatic carbocycles. The third-order valence-electron chi connectivity index (χ3n) is 7.40. The monoisotopic (exact) mass is 615 g/mol. The standard InChI is InChI=1S/C25H25Cl2F2N5O5S/c1-37-22-20(34-6-16(31-32-34)12-2-14(28)19(27)15(29)3-12)21(36)17(7-35)39-24(22)40-18-4-13(26)5-30-23(18)33-8-25(9-33)10-38-11-25/h2-6,17,20-22,24,35-36H,7-11H2,1H3/t17?,20?,21-,22-,24+/m0/s1. The van der Waals surface area contributed by atoms with E-state index >= 15 is 0 Å². The molecule has 6 rings (SSSR count).